The second kappa shape index (κ2) is 4.97. The lowest BCUT2D eigenvalue weighted by molar-refractivity contribution is 0.639. The van der Waals surface area contributed by atoms with Crippen LogP contribution in [0.3, 0.4) is 0 Å². The van der Waals surface area contributed by atoms with E-state index in [1.54, 1.807) is 0 Å². The minimum atomic E-state index is 0.411. The molecule has 0 aliphatic heterocycles. The van der Waals surface area contributed by atoms with Gasteiger partial charge in [0.25, 0.3) is 0 Å². The van der Waals surface area contributed by atoms with E-state index >= 15 is 0 Å². The van der Waals surface area contributed by atoms with Crippen LogP contribution in [0.25, 0.3) is 11.0 Å². The van der Waals surface area contributed by atoms with Crippen LogP contribution in [0.1, 0.15) is 55.8 Å². The van der Waals surface area contributed by atoms with Gasteiger partial charge in [0.15, 0.2) is 0 Å². The lowest BCUT2D eigenvalue weighted by atomic mass is 10.0. The van der Waals surface area contributed by atoms with E-state index in [2.05, 4.69) is 36.7 Å². The van der Waals surface area contributed by atoms with Crippen LogP contribution in [-0.2, 0) is 7.05 Å². The van der Waals surface area contributed by atoms with Crippen LogP contribution in [0.2, 0.25) is 0 Å². The van der Waals surface area contributed by atoms with Gasteiger partial charge in [0.2, 0.25) is 0 Å². The Morgan fingerprint density at radius 2 is 2.11 bits per heavy atom. The third-order valence-electron chi connectivity index (χ3n) is 4.58. The van der Waals surface area contributed by atoms with Crippen molar-refractivity contribution in [2.24, 2.45) is 12.8 Å². The molecule has 1 saturated carbocycles. The monoisotopic (exact) mass is 257 g/mol. The van der Waals surface area contributed by atoms with Gasteiger partial charge in [-0.15, -0.1) is 0 Å². The Morgan fingerprint density at radius 3 is 2.79 bits per heavy atom. The molecule has 3 heteroatoms. The molecule has 2 aromatic rings. The van der Waals surface area contributed by atoms with Crippen molar-refractivity contribution in [1.29, 1.82) is 0 Å². The normalized spacial score (nSPS) is 18.3. The maximum atomic E-state index is 5.77. The van der Waals surface area contributed by atoms with Gasteiger partial charge in [0.1, 0.15) is 5.82 Å². The number of nitrogens with zero attached hydrogens (tertiary/aromatic N) is 2. The molecule has 0 radical (unpaired) electrons. The van der Waals surface area contributed by atoms with Crippen molar-refractivity contribution in [2.45, 2.75) is 44.4 Å². The van der Waals surface area contributed by atoms with Crippen LogP contribution < -0.4 is 5.73 Å². The van der Waals surface area contributed by atoms with E-state index in [0.29, 0.717) is 18.4 Å². The first-order valence-corrected chi connectivity index (χ1v) is 7.37. The zero-order chi connectivity index (χ0) is 13.4. The lowest BCUT2D eigenvalue weighted by Gasteiger charge is -2.10. The highest BCUT2D eigenvalue weighted by atomic mass is 15.1. The average molecular weight is 257 g/mol. The maximum Gasteiger partial charge on any atom is 0.112 e. The first-order valence-electron chi connectivity index (χ1n) is 7.37. The molecule has 1 aliphatic carbocycles. The van der Waals surface area contributed by atoms with Gasteiger partial charge < -0.3 is 10.3 Å². The molecular weight excluding hydrogens is 234 g/mol. The van der Waals surface area contributed by atoms with E-state index in [4.69, 9.17) is 10.7 Å². The molecule has 1 aromatic carbocycles. The summed E-state index contributed by atoms with van der Waals surface area (Å²) >= 11 is 0. The highest BCUT2D eigenvalue weighted by Crippen LogP contribution is 2.35. The topological polar surface area (TPSA) is 43.8 Å². The minimum absolute atomic E-state index is 0.411. The van der Waals surface area contributed by atoms with Gasteiger partial charge in [-0.2, -0.15) is 0 Å². The minimum Gasteiger partial charge on any atom is -0.331 e. The Morgan fingerprint density at radius 1 is 1.37 bits per heavy atom. The largest absolute Gasteiger partial charge is 0.331 e. The van der Waals surface area contributed by atoms with Crippen LogP contribution in [0.15, 0.2) is 18.2 Å². The molecule has 0 bridgehead atoms. The quantitative estimate of drug-likeness (QED) is 0.917. The Kier molecular flexibility index (Phi) is 3.31. The predicted molar refractivity (Wildman–Crippen MR) is 79.4 cm³/mol. The highest BCUT2D eigenvalue weighted by Gasteiger charge is 2.22. The summed E-state index contributed by atoms with van der Waals surface area (Å²) in [5.41, 5.74) is 9.46. The molecule has 102 valence electrons. The smallest absolute Gasteiger partial charge is 0.112 e. The first-order chi connectivity index (χ1) is 9.20. The van der Waals surface area contributed by atoms with Gasteiger partial charge in [0, 0.05) is 13.0 Å². The molecule has 1 atom stereocenters. The number of rotatable bonds is 3. The molecule has 0 amide bonds. The van der Waals surface area contributed by atoms with Crippen molar-refractivity contribution in [2.75, 3.05) is 6.54 Å². The van der Waals surface area contributed by atoms with Crippen LogP contribution in [-0.4, -0.2) is 16.1 Å². The van der Waals surface area contributed by atoms with E-state index in [-0.39, 0.29) is 0 Å². The number of hydrogen-bond donors (Lipinski definition) is 1. The zero-order valence-electron chi connectivity index (χ0n) is 11.9. The zero-order valence-corrected chi connectivity index (χ0v) is 11.9. The van der Waals surface area contributed by atoms with Crippen molar-refractivity contribution < 1.29 is 0 Å². The summed E-state index contributed by atoms with van der Waals surface area (Å²) < 4.78 is 2.29. The van der Waals surface area contributed by atoms with E-state index < -0.39 is 0 Å². The van der Waals surface area contributed by atoms with Crippen molar-refractivity contribution >= 4 is 11.0 Å². The lowest BCUT2D eigenvalue weighted by Crippen LogP contribution is -2.08. The molecule has 1 aliphatic rings. The number of hydrogen-bond acceptors (Lipinski definition) is 2. The summed E-state index contributed by atoms with van der Waals surface area (Å²) in [7, 11) is 2.15. The van der Waals surface area contributed by atoms with Crippen LogP contribution in [0, 0.1) is 0 Å². The number of aryl methyl sites for hydroxylation is 1. The van der Waals surface area contributed by atoms with E-state index in [1.807, 2.05) is 0 Å². The molecule has 3 rings (SSSR count). The fourth-order valence-electron chi connectivity index (χ4n) is 3.22. The van der Waals surface area contributed by atoms with E-state index in [0.717, 1.165) is 5.52 Å². The number of fused-ring (bicyclic) bond motifs is 1. The van der Waals surface area contributed by atoms with Gasteiger partial charge in [-0.25, -0.2) is 4.98 Å². The van der Waals surface area contributed by atoms with Crippen LogP contribution in [0.5, 0.6) is 0 Å². The fourth-order valence-corrected chi connectivity index (χ4v) is 3.22. The molecule has 0 spiro atoms. The van der Waals surface area contributed by atoms with Gasteiger partial charge in [-0.05, 0) is 43.0 Å². The summed E-state index contributed by atoms with van der Waals surface area (Å²) in [6.07, 6.45) is 5.29. The Labute approximate surface area is 114 Å². The van der Waals surface area contributed by atoms with Crippen LogP contribution in [0.4, 0.5) is 0 Å². The van der Waals surface area contributed by atoms with Crippen LogP contribution >= 0.6 is 0 Å². The highest BCUT2D eigenvalue weighted by molar-refractivity contribution is 5.77. The number of benzene rings is 1. The SMILES string of the molecule is CC(CN)c1ccc2nc(C3CCCC3)n(C)c2c1. The van der Waals surface area contributed by atoms with Gasteiger partial charge in [-0.1, -0.05) is 25.8 Å². The fraction of sp³-hybridized carbons (Fsp3) is 0.562. The summed E-state index contributed by atoms with van der Waals surface area (Å²) in [6, 6.07) is 6.58. The summed E-state index contributed by atoms with van der Waals surface area (Å²) in [5.74, 6) is 2.34. The number of imidazole rings is 1. The van der Waals surface area contributed by atoms with Gasteiger partial charge in [-0.3, -0.25) is 0 Å². The second-order valence-electron chi connectivity index (χ2n) is 5.90. The third kappa shape index (κ3) is 2.16. The van der Waals surface area contributed by atoms with Crippen molar-refractivity contribution in [3.8, 4) is 0 Å². The summed E-state index contributed by atoms with van der Waals surface area (Å²) in [5, 5.41) is 0. The standard InChI is InChI=1S/C16H23N3/c1-11(10-17)13-7-8-14-15(9-13)19(2)16(18-14)12-5-3-4-6-12/h7-9,11-12H,3-6,10,17H2,1-2H3. The van der Waals surface area contributed by atoms with Crippen molar-refractivity contribution in [3.05, 3.63) is 29.6 Å². The van der Waals surface area contributed by atoms with E-state index in [9.17, 15) is 0 Å². The molecular formula is C16H23N3. The third-order valence-corrected chi connectivity index (χ3v) is 4.58. The molecule has 19 heavy (non-hydrogen) atoms. The molecule has 1 unspecified atom stereocenters. The molecule has 3 nitrogen and oxygen atoms in total. The first kappa shape index (κ1) is 12.7. The summed E-state index contributed by atoms with van der Waals surface area (Å²) in [6.45, 7) is 2.87. The molecule has 1 fully saturated rings. The van der Waals surface area contributed by atoms with Crippen molar-refractivity contribution in [1.82, 2.24) is 9.55 Å². The Bertz CT molecular complexity index is 579. The molecule has 1 aromatic heterocycles. The number of aromatic nitrogens is 2. The molecule has 0 saturated heterocycles. The van der Waals surface area contributed by atoms with E-state index in [1.165, 1.54) is 42.6 Å². The number of nitrogens with two attached hydrogens (primary N) is 1. The Hall–Kier alpha value is -1.35. The summed E-state index contributed by atoms with van der Waals surface area (Å²) in [4.78, 5) is 4.85. The van der Waals surface area contributed by atoms with Crippen molar-refractivity contribution in [3.63, 3.8) is 0 Å². The second-order valence-corrected chi connectivity index (χ2v) is 5.90. The maximum absolute atomic E-state index is 5.77. The van der Waals surface area contributed by atoms with Gasteiger partial charge >= 0.3 is 0 Å². The molecule has 1 heterocycles. The average Bonchev–Trinajstić information content (AvgIpc) is 3.06. The predicted octanol–water partition coefficient (Wildman–Crippen LogP) is 3.29. The molecule has 2 N–H and O–H groups in total. The van der Waals surface area contributed by atoms with Gasteiger partial charge in [0.05, 0.1) is 11.0 Å². The Balaban J connectivity index is 2.05.